The van der Waals surface area contributed by atoms with Gasteiger partial charge in [-0.2, -0.15) is 4.31 Å². The van der Waals surface area contributed by atoms with Gasteiger partial charge in [0.05, 0.1) is 35.3 Å². The van der Waals surface area contributed by atoms with Crippen molar-refractivity contribution in [3.63, 3.8) is 0 Å². The number of carbonyl (C=O) groups excluding carboxylic acids is 2. The number of esters is 2. The van der Waals surface area contributed by atoms with E-state index in [1.54, 1.807) is 26.0 Å². The van der Waals surface area contributed by atoms with Gasteiger partial charge in [-0.1, -0.05) is 42.5 Å². The fraction of sp³-hybridized carbons (Fsp3) is 0.355. The summed E-state index contributed by atoms with van der Waals surface area (Å²) in [5.41, 5.74) is 3.84. The predicted octanol–water partition coefficient (Wildman–Crippen LogP) is 4.00. The molecule has 1 aliphatic heterocycles. The van der Waals surface area contributed by atoms with Gasteiger partial charge in [0.1, 0.15) is 30.9 Å². The Morgan fingerprint density at radius 3 is 2.27 bits per heavy atom. The minimum Gasteiger partial charge on any atom is -0.465 e. The van der Waals surface area contributed by atoms with Crippen LogP contribution in [0.2, 0.25) is 0 Å². The van der Waals surface area contributed by atoms with Gasteiger partial charge < -0.3 is 24.5 Å². The number of sulfonamides is 1. The fourth-order valence-corrected chi connectivity index (χ4v) is 6.48. The summed E-state index contributed by atoms with van der Waals surface area (Å²) in [6.45, 7) is 3.49. The van der Waals surface area contributed by atoms with Gasteiger partial charge in [0.25, 0.3) is 0 Å². The van der Waals surface area contributed by atoms with Crippen molar-refractivity contribution in [1.82, 2.24) is 19.3 Å². The van der Waals surface area contributed by atoms with Gasteiger partial charge in [0.15, 0.2) is 0 Å². The van der Waals surface area contributed by atoms with Crippen molar-refractivity contribution in [3.8, 4) is 22.4 Å². The molecule has 13 heteroatoms. The standard InChI is InChI=1S/C31H35N5O7S/c1-3-41-25(37)18-36(19-26(38)42-4-2)44(39,40)24-14-12-22(13-15-24)29-27(21-9-6-5-7-10-21)28-30(33-20-34-31(28)35-29)32-17-23-11-8-16-43-23/h5-7,9-10,12-15,20,23H,3-4,8,11,16-19H2,1-2H3,(H2,32,33,34,35). The number of rotatable bonds is 13. The number of nitrogens with one attached hydrogen (secondary N) is 2. The zero-order valence-electron chi connectivity index (χ0n) is 24.6. The number of fused-ring (bicyclic) bond motifs is 1. The van der Waals surface area contributed by atoms with Crippen molar-refractivity contribution in [3.05, 3.63) is 60.9 Å². The van der Waals surface area contributed by atoms with E-state index in [9.17, 15) is 18.0 Å². The van der Waals surface area contributed by atoms with E-state index >= 15 is 0 Å². The molecular weight excluding hydrogens is 586 g/mol. The molecule has 3 heterocycles. The fourth-order valence-electron chi connectivity index (χ4n) is 5.15. The monoisotopic (exact) mass is 621 g/mol. The lowest BCUT2D eigenvalue weighted by atomic mass is 9.99. The van der Waals surface area contributed by atoms with E-state index in [-0.39, 0.29) is 24.2 Å². The highest BCUT2D eigenvalue weighted by Crippen LogP contribution is 2.40. The smallest absolute Gasteiger partial charge is 0.321 e. The quantitative estimate of drug-likeness (QED) is 0.210. The van der Waals surface area contributed by atoms with Crippen molar-refractivity contribution in [2.75, 3.05) is 44.8 Å². The highest BCUT2D eigenvalue weighted by Gasteiger charge is 2.30. The Labute approximate surface area is 255 Å². The summed E-state index contributed by atoms with van der Waals surface area (Å²) < 4.78 is 43.6. The van der Waals surface area contributed by atoms with Crippen LogP contribution in [0.4, 0.5) is 5.82 Å². The Morgan fingerprint density at radius 1 is 0.977 bits per heavy atom. The first-order valence-electron chi connectivity index (χ1n) is 14.5. The average Bonchev–Trinajstić information content (AvgIpc) is 3.69. The molecule has 0 radical (unpaired) electrons. The number of nitrogens with zero attached hydrogens (tertiary/aromatic N) is 3. The van der Waals surface area contributed by atoms with Crippen molar-refractivity contribution in [1.29, 1.82) is 0 Å². The summed E-state index contributed by atoms with van der Waals surface area (Å²) in [7, 11) is -4.26. The molecule has 0 amide bonds. The highest BCUT2D eigenvalue weighted by atomic mass is 32.2. The molecular formula is C31H35N5O7S. The molecule has 2 N–H and O–H groups in total. The van der Waals surface area contributed by atoms with E-state index in [1.807, 2.05) is 30.3 Å². The number of benzene rings is 2. The van der Waals surface area contributed by atoms with Gasteiger partial charge in [-0.05, 0) is 49.9 Å². The molecule has 1 atom stereocenters. The highest BCUT2D eigenvalue weighted by molar-refractivity contribution is 7.89. The van der Waals surface area contributed by atoms with Crippen molar-refractivity contribution >= 4 is 38.8 Å². The topological polar surface area (TPSA) is 153 Å². The van der Waals surface area contributed by atoms with Gasteiger partial charge in [-0.15, -0.1) is 0 Å². The summed E-state index contributed by atoms with van der Waals surface area (Å²) in [4.78, 5) is 36.8. The summed E-state index contributed by atoms with van der Waals surface area (Å²) >= 11 is 0. The lowest BCUT2D eigenvalue weighted by Gasteiger charge is -2.20. The maximum Gasteiger partial charge on any atom is 0.321 e. The van der Waals surface area contributed by atoms with Gasteiger partial charge >= 0.3 is 11.9 Å². The second kappa shape index (κ2) is 14.0. The van der Waals surface area contributed by atoms with E-state index in [1.165, 1.54) is 18.5 Å². The summed E-state index contributed by atoms with van der Waals surface area (Å²) in [6, 6.07) is 16.0. The molecule has 1 fully saturated rings. The molecule has 2 aromatic carbocycles. The Balaban J connectivity index is 1.52. The largest absolute Gasteiger partial charge is 0.465 e. The summed E-state index contributed by atoms with van der Waals surface area (Å²) in [5, 5.41) is 4.24. The Kier molecular flexibility index (Phi) is 9.88. The zero-order valence-corrected chi connectivity index (χ0v) is 25.4. The summed E-state index contributed by atoms with van der Waals surface area (Å²) in [6.07, 6.45) is 3.62. The van der Waals surface area contributed by atoms with Crippen LogP contribution in [0.25, 0.3) is 33.4 Å². The second-order valence-electron chi connectivity index (χ2n) is 10.1. The molecule has 5 rings (SSSR count). The van der Waals surface area contributed by atoms with Crippen molar-refractivity contribution in [2.24, 2.45) is 0 Å². The van der Waals surface area contributed by atoms with E-state index in [4.69, 9.17) is 14.2 Å². The molecule has 4 aromatic rings. The minimum atomic E-state index is -4.26. The maximum atomic E-state index is 13.6. The third-order valence-electron chi connectivity index (χ3n) is 7.18. The first-order chi connectivity index (χ1) is 21.3. The second-order valence-corrected chi connectivity index (χ2v) is 12.0. The average molecular weight is 622 g/mol. The molecule has 0 aliphatic carbocycles. The number of anilines is 1. The molecule has 1 aliphatic rings. The molecule has 44 heavy (non-hydrogen) atoms. The minimum absolute atomic E-state index is 0.0744. The maximum absolute atomic E-state index is 13.6. The van der Waals surface area contributed by atoms with Gasteiger partial charge in [0, 0.05) is 18.7 Å². The summed E-state index contributed by atoms with van der Waals surface area (Å²) in [5.74, 6) is -0.875. The number of aromatic nitrogens is 3. The molecule has 0 spiro atoms. The molecule has 12 nitrogen and oxygen atoms in total. The molecule has 1 unspecified atom stereocenters. The van der Waals surface area contributed by atoms with Gasteiger partial charge in [-0.3, -0.25) is 9.59 Å². The van der Waals surface area contributed by atoms with Crippen LogP contribution in [0.15, 0.2) is 65.8 Å². The van der Waals surface area contributed by atoms with Gasteiger partial charge in [0.2, 0.25) is 10.0 Å². The van der Waals surface area contributed by atoms with Crippen LogP contribution >= 0.6 is 0 Å². The first-order valence-corrected chi connectivity index (χ1v) is 15.9. The number of carbonyl (C=O) groups is 2. The van der Waals surface area contributed by atoms with Crippen LogP contribution < -0.4 is 5.32 Å². The van der Waals surface area contributed by atoms with E-state index in [2.05, 4.69) is 20.3 Å². The Hall–Kier alpha value is -4.33. The van der Waals surface area contributed by atoms with Gasteiger partial charge in [-0.25, -0.2) is 18.4 Å². The number of hydrogen-bond acceptors (Lipinski definition) is 10. The zero-order chi connectivity index (χ0) is 31.1. The van der Waals surface area contributed by atoms with Crippen LogP contribution in [0, 0.1) is 0 Å². The van der Waals surface area contributed by atoms with E-state index in [0.717, 1.165) is 46.0 Å². The molecule has 1 saturated heterocycles. The van der Waals surface area contributed by atoms with E-state index in [0.29, 0.717) is 23.6 Å². The molecule has 2 aromatic heterocycles. The third-order valence-corrected chi connectivity index (χ3v) is 8.98. The predicted molar refractivity (Wildman–Crippen MR) is 164 cm³/mol. The lowest BCUT2D eigenvalue weighted by molar-refractivity contribution is -0.146. The van der Waals surface area contributed by atoms with Crippen LogP contribution in [0.3, 0.4) is 0 Å². The number of hydrogen-bond donors (Lipinski definition) is 2. The Bertz CT molecular complexity index is 1680. The number of aromatic amines is 1. The van der Waals surface area contributed by atoms with E-state index < -0.39 is 35.1 Å². The van der Waals surface area contributed by atoms with Crippen molar-refractivity contribution < 1.29 is 32.2 Å². The van der Waals surface area contributed by atoms with Crippen LogP contribution in [-0.2, 0) is 33.8 Å². The SMILES string of the molecule is CCOC(=O)CN(CC(=O)OCC)S(=O)(=O)c1ccc(-c2[nH]c3ncnc(NCC4CCCO4)c3c2-c2ccccc2)cc1. The van der Waals surface area contributed by atoms with Crippen LogP contribution in [-0.4, -0.2) is 85.2 Å². The number of H-pyrrole nitrogens is 1. The first kappa shape index (κ1) is 31.1. The molecule has 232 valence electrons. The molecule has 0 bridgehead atoms. The normalized spacial score (nSPS) is 15.0. The number of ether oxygens (including phenoxy) is 3. The van der Waals surface area contributed by atoms with Crippen molar-refractivity contribution in [2.45, 2.75) is 37.7 Å². The Morgan fingerprint density at radius 2 is 1.66 bits per heavy atom. The van der Waals surface area contributed by atoms with Crippen LogP contribution in [0.5, 0.6) is 0 Å². The van der Waals surface area contributed by atoms with Crippen LogP contribution in [0.1, 0.15) is 26.7 Å². The molecule has 0 saturated carbocycles. The lowest BCUT2D eigenvalue weighted by Crippen LogP contribution is -2.40. The third kappa shape index (κ3) is 6.90.